The highest BCUT2D eigenvalue weighted by Gasteiger charge is 2.26. The summed E-state index contributed by atoms with van der Waals surface area (Å²) in [6, 6.07) is 10.4. The van der Waals surface area contributed by atoms with Crippen LogP contribution in [0.15, 0.2) is 156 Å². The molecule has 1 atom stereocenters. The second kappa shape index (κ2) is 14.8. The van der Waals surface area contributed by atoms with Crippen molar-refractivity contribution in [1.82, 2.24) is 9.97 Å². The molecule has 2 aromatic carbocycles. The van der Waals surface area contributed by atoms with Crippen molar-refractivity contribution in [3.63, 3.8) is 0 Å². The van der Waals surface area contributed by atoms with Gasteiger partial charge in [-0.25, -0.2) is 0 Å². The van der Waals surface area contributed by atoms with Crippen LogP contribution >= 0.6 is 0 Å². The van der Waals surface area contributed by atoms with Crippen LogP contribution in [0.5, 0.6) is 0 Å². The summed E-state index contributed by atoms with van der Waals surface area (Å²) in [6.45, 7) is 6.76. The second-order valence-electron chi connectivity index (χ2n) is 14.8. The van der Waals surface area contributed by atoms with E-state index in [1.165, 1.54) is 50.1 Å². The summed E-state index contributed by atoms with van der Waals surface area (Å²) in [5.74, 6) is 0.244. The number of hydrogen-bond acceptors (Lipinski definition) is 3. The third-order valence-corrected chi connectivity index (χ3v) is 11.5. The van der Waals surface area contributed by atoms with Crippen LogP contribution in [0.3, 0.4) is 0 Å². The Morgan fingerprint density at radius 3 is 2.37 bits per heavy atom. The maximum Gasteiger partial charge on any atom is 0.0970 e. The lowest BCUT2D eigenvalue weighted by molar-refractivity contribution is 0.773. The summed E-state index contributed by atoms with van der Waals surface area (Å²) in [6.07, 6.45) is 48.9. The zero-order valence-electron chi connectivity index (χ0n) is 31.1. The molecule has 3 heteroatoms. The molecule has 9 rings (SSSR count). The Morgan fingerprint density at radius 2 is 1.59 bits per heavy atom. The summed E-state index contributed by atoms with van der Waals surface area (Å²) < 4.78 is 0. The van der Waals surface area contributed by atoms with E-state index in [0.29, 0.717) is 0 Å². The van der Waals surface area contributed by atoms with E-state index in [2.05, 4.69) is 134 Å². The van der Waals surface area contributed by atoms with Gasteiger partial charge in [0.1, 0.15) is 0 Å². The quantitative estimate of drug-likeness (QED) is 0.109. The van der Waals surface area contributed by atoms with Gasteiger partial charge in [0.25, 0.3) is 0 Å². The minimum Gasteiger partial charge on any atom is -0.254 e. The molecule has 0 saturated heterocycles. The summed E-state index contributed by atoms with van der Waals surface area (Å²) in [5.41, 5.74) is 18.3. The van der Waals surface area contributed by atoms with Crippen molar-refractivity contribution in [2.75, 3.05) is 0 Å². The molecule has 0 N–H and O–H groups in total. The monoisotopic (exact) mass is 699 g/mol. The molecular weight excluding hydrogens is 655 g/mol. The molecule has 0 fully saturated rings. The van der Waals surface area contributed by atoms with E-state index < -0.39 is 0 Å². The van der Waals surface area contributed by atoms with Gasteiger partial charge in [0, 0.05) is 45.9 Å². The van der Waals surface area contributed by atoms with E-state index in [1.54, 1.807) is 0 Å². The fraction of sp³-hybridized carbons (Fsp3) is 0.196. The molecule has 0 radical (unpaired) electrons. The lowest BCUT2D eigenvalue weighted by Gasteiger charge is -2.27. The van der Waals surface area contributed by atoms with Crippen molar-refractivity contribution in [3.05, 3.63) is 184 Å². The second-order valence-corrected chi connectivity index (χ2v) is 14.8. The molecule has 5 aliphatic rings. The molecule has 3 nitrogen and oxygen atoms in total. The van der Waals surface area contributed by atoms with Crippen LogP contribution in [0, 0.1) is 5.92 Å². The Labute approximate surface area is 319 Å². The normalized spacial score (nSPS) is 20.0. The number of allylic oxidation sites excluding steroid dienone is 19. The van der Waals surface area contributed by atoms with Crippen LogP contribution in [0.25, 0.3) is 45.1 Å². The molecule has 0 amide bonds. The lowest BCUT2D eigenvalue weighted by atomic mass is 9.79. The number of fused-ring (bicyclic) bond motifs is 6. The first-order chi connectivity index (χ1) is 26.6. The SMILES string of the molecule is C=C(/C=C\C(=C1\C=CC=CC1)C1C=CC(/C(C)=N/c2c3c(c4c(c2C2=CCCC=C2)C=CCC4)CCC=C3)=CC1)c1cc2cccnc2c2ncccc12. The van der Waals surface area contributed by atoms with Gasteiger partial charge in [-0.2, -0.15) is 0 Å². The standard InChI is InChI=1S/C51H45N3/c1-34(47-33-40-19-13-31-52-49(40)51-46(47)24-14-32-53-51)25-30-41(37-15-5-3-6-16-37)38-28-26-36(27-29-38)35(2)54-50-45-23-12-10-21-43(45)42-20-9-11-22-44(42)48(50)39-17-7-4-8-18-39/h3,5-7,11-15,17-19,22-28,30-33,38H,1,4,8-10,16,20-21,29H2,2H3/b30-25-,41-37+,54-35+. The van der Waals surface area contributed by atoms with Crippen LogP contribution in [-0.2, 0) is 12.8 Å². The first-order valence-corrected chi connectivity index (χ1v) is 19.6. The van der Waals surface area contributed by atoms with Gasteiger partial charge in [-0.05, 0) is 127 Å². The fourth-order valence-corrected chi connectivity index (χ4v) is 8.75. The molecule has 54 heavy (non-hydrogen) atoms. The van der Waals surface area contributed by atoms with Crippen molar-refractivity contribution in [1.29, 1.82) is 0 Å². The highest BCUT2D eigenvalue weighted by atomic mass is 14.8. The summed E-state index contributed by atoms with van der Waals surface area (Å²) >= 11 is 0. The van der Waals surface area contributed by atoms with Crippen LogP contribution in [-0.4, -0.2) is 15.7 Å². The minimum absolute atomic E-state index is 0.244. The fourth-order valence-electron chi connectivity index (χ4n) is 8.75. The van der Waals surface area contributed by atoms with E-state index in [0.717, 1.165) is 95.7 Å². The van der Waals surface area contributed by atoms with Crippen LogP contribution in [0.1, 0.15) is 78.8 Å². The number of aromatic nitrogens is 2. The number of nitrogens with zero attached hydrogens (tertiary/aromatic N) is 3. The van der Waals surface area contributed by atoms with E-state index in [4.69, 9.17) is 9.98 Å². The molecule has 0 bridgehead atoms. The predicted molar refractivity (Wildman–Crippen MR) is 231 cm³/mol. The molecule has 0 aliphatic heterocycles. The van der Waals surface area contributed by atoms with Crippen molar-refractivity contribution >= 4 is 56.5 Å². The van der Waals surface area contributed by atoms with Gasteiger partial charge in [0.15, 0.2) is 0 Å². The number of benzene rings is 2. The van der Waals surface area contributed by atoms with Crippen molar-refractivity contribution in [3.8, 4) is 0 Å². The van der Waals surface area contributed by atoms with Crippen molar-refractivity contribution in [2.45, 2.75) is 58.3 Å². The molecule has 5 aliphatic carbocycles. The molecule has 0 spiro atoms. The van der Waals surface area contributed by atoms with Crippen molar-refractivity contribution < 1.29 is 0 Å². The lowest BCUT2D eigenvalue weighted by Crippen LogP contribution is -2.11. The Morgan fingerprint density at radius 1 is 0.796 bits per heavy atom. The number of hydrogen-bond donors (Lipinski definition) is 0. The summed E-state index contributed by atoms with van der Waals surface area (Å²) in [5, 5.41) is 2.14. The van der Waals surface area contributed by atoms with Crippen LogP contribution < -0.4 is 0 Å². The largest absolute Gasteiger partial charge is 0.254 e. The summed E-state index contributed by atoms with van der Waals surface area (Å²) in [7, 11) is 0. The van der Waals surface area contributed by atoms with Gasteiger partial charge in [-0.3, -0.25) is 15.0 Å². The maximum absolute atomic E-state index is 5.55. The average Bonchev–Trinajstić information content (AvgIpc) is 3.24. The highest BCUT2D eigenvalue weighted by Crippen LogP contribution is 2.45. The molecule has 4 aromatic rings. The smallest absolute Gasteiger partial charge is 0.0970 e. The Bertz CT molecular complexity index is 2570. The summed E-state index contributed by atoms with van der Waals surface area (Å²) in [4.78, 5) is 14.9. The Kier molecular flexibility index (Phi) is 9.31. The van der Waals surface area contributed by atoms with E-state index >= 15 is 0 Å². The van der Waals surface area contributed by atoms with E-state index in [1.807, 2.05) is 24.5 Å². The van der Waals surface area contributed by atoms with Gasteiger partial charge in [0.2, 0.25) is 0 Å². The third kappa shape index (κ3) is 6.38. The molecule has 264 valence electrons. The zero-order chi connectivity index (χ0) is 36.4. The molecule has 2 heterocycles. The molecule has 2 aromatic heterocycles. The Hall–Kier alpha value is -5.93. The minimum atomic E-state index is 0.244. The van der Waals surface area contributed by atoms with Gasteiger partial charge in [0.05, 0.1) is 16.7 Å². The highest BCUT2D eigenvalue weighted by molar-refractivity contribution is 6.09. The van der Waals surface area contributed by atoms with Crippen LogP contribution in [0.2, 0.25) is 0 Å². The molecule has 1 unspecified atom stereocenters. The van der Waals surface area contributed by atoms with E-state index in [9.17, 15) is 0 Å². The average molecular weight is 700 g/mol. The number of rotatable bonds is 7. The third-order valence-electron chi connectivity index (χ3n) is 11.5. The van der Waals surface area contributed by atoms with Gasteiger partial charge in [-0.15, -0.1) is 0 Å². The predicted octanol–water partition coefficient (Wildman–Crippen LogP) is 13.1. The maximum atomic E-state index is 5.55. The Balaban J connectivity index is 1.05. The first-order valence-electron chi connectivity index (χ1n) is 19.6. The zero-order valence-corrected chi connectivity index (χ0v) is 31.1. The van der Waals surface area contributed by atoms with Gasteiger partial charge < -0.3 is 0 Å². The first kappa shape index (κ1) is 33.9. The van der Waals surface area contributed by atoms with Gasteiger partial charge in [-0.1, -0.05) is 116 Å². The van der Waals surface area contributed by atoms with E-state index in [-0.39, 0.29) is 5.92 Å². The topological polar surface area (TPSA) is 38.1 Å². The number of aliphatic imine (C=N–C) groups is 1. The number of pyridine rings is 2. The molecule has 0 saturated carbocycles. The molecular formula is C51H45N3. The van der Waals surface area contributed by atoms with Crippen LogP contribution in [0.4, 0.5) is 5.69 Å². The van der Waals surface area contributed by atoms with Gasteiger partial charge >= 0.3 is 0 Å². The van der Waals surface area contributed by atoms with Crippen molar-refractivity contribution in [2.24, 2.45) is 10.9 Å².